The van der Waals surface area contributed by atoms with E-state index < -0.39 is 9.84 Å². The van der Waals surface area contributed by atoms with Crippen LogP contribution in [0.2, 0.25) is 0 Å². The van der Waals surface area contributed by atoms with E-state index in [-0.39, 0.29) is 11.5 Å². The Labute approximate surface area is 85.9 Å². The van der Waals surface area contributed by atoms with Crippen molar-refractivity contribution in [2.24, 2.45) is 0 Å². The summed E-state index contributed by atoms with van der Waals surface area (Å²) in [6.07, 6.45) is 0.628. The summed E-state index contributed by atoms with van der Waals surface area (Å²) in [7, 11) is -2.83. The Kier molecular flexibility index (Phi) is 3.69. The summed E-state index contributed by atoms with van der Waals surface area (Å²) in [5, 5.41) is 0. The molecule has 1 aromatic carbocycles. The molecule has 0 aliphatic carbocycles. The fourth-order valence-corrected chi connectivity index (χ4v) is 2.12. The molecule has 14 heavy (non-hydrogen) atoms. The predicted molar refractivity (Wildman–Crippen MR) is 59.2 cm³/mol. The van der Waals surface area contributed by atoms with Gasteiger partial charge in [-0.3, -0.25) is 0 Å². The number of sulfone groups is 1. The maximum absolute atomic E-state index is 11.3. The van der Waals surface area contributed by atoms with Gasteiger partial charge in [-0.1, -0.05) is 31.2 Å². The van der Waals surface area contributed by atoms with Gasteiger partial charge in [0.1, 0.15) is 9.84 Å². The van der Waals surface area contributed by atoms with Gasteiger partial charge in [0.05, 0.1) is 5.75 Å². The third-order valence-electron chi connectivity index (χ3n) is 2.38. The van der Waals surface area contributed by atoms with E-state index in [1.54, 1.807) is 6.92 Å². The highest BCUT2D eigenvalue weighted by molar-refractivity contribution is 7.91. The van der Waals surface area contributed by atoms with E-state index in [1.165, 1.54) is 5.56 Å². The first-order valence-electron chi connectivity index (χ1n) is 4.80. The van der Waals surface area contributed by atoms with Crippen molar-refractivity contribution in [2.75, 3.05) is 11.5 Å². The van der Waals surface area contributed by atoms with Crippen molar-refractivity contribution in [1.29, 1.82) is 0 Å². The third kappa shape index (κ3) is 3.14. The van der Waals surface area contributed by atoms with Crippen molar-refractivity contribution < 1.29 is 8.42 Å². The first-order valence-corrected chi connectivity index (χ1v) is 6.62. The van der Waals surface area contributed by atoms with Crippen LogP contribution in [0.15, 0.2) is 24.3 Å². The smallest absolute Gasteiger partial charge is 0.150 e. The molecule has 0 saturated carbocycles. The molecule has 78 valence electrons. The molecule has 0 bridgehead atoms. The lowest BCUT2D eigenvalue weighted by Crippen LogP contribution is -2.11. The summed E-state index contributed by atoms with van der Waals surface area (Å²) in [5.41, 5.74) is 2.29. The predicted octanol–water partition coefficient (Wildman–Crippen LogP) is 1.97. The van der Waals surface area contributed by atoms with Crippen LogP contribution in [-0.4, -0.2) is 19.9 Å². The van der Waals surface area contributed by atoms with Crippen LogP contribution in [0.3, 0.4) is 0 Å². The highest BCUT2D eigenvalue weighted by Crippen LogP contribution is 2.08. The van der Waals surface area contributed by atoms with E-state index in [0.717, 1.165) is 5.56 Å². The van der Waals surface area contributed by atoms with Gasteiger partial charge >= 0.3 is 0 Å². The lowest BCUT2D eigenvalue weighted by molar-refractivity contribution is 0.596. The van der Waals surface area contributed by atoms with Crippen LogP contribution in [0.4, 0.5) is 0 Å². The van der Waals surface area contributed by atoms with Gasteiger partial charge in [0.2, 0.25) is 0 Å². The maximum atomic E-state index is 11.3. The summed E-state index contributed by atoms with van der Waals surface area (Å²) in [6.45, 7) is 3.70. The zero-order chi connectivity index (χ0) is 10.6. The van der Waals surface area contributed by atoms with E-state index in [2.05, 4.69) is 0 Å². The van der Waals surface area contributed by atoms with Gasteiger partial charge in [0.25, 0.3) is 0 Å². The molecule has 0 unspecified atom stereocenters. The summed E-state index contributed by atoms with van der Waals surface area (Å²) in [4.78, 5) is 0. The minimum atomic E-state index is -2.83. The van der Waals surface area contributed by atoms with Gasteiger partial charge in [-0.25, -0.2) is 8.42 Å². The molecule has 0 heterocycles. The highest BCUT2D eigenvalue weighted by atomic mass is 32.2. The first kappa shape index (κ1) is 11.2. The Balaban J connectivity index is 2.68. The van der Waals surface area contributed by atoms with Gasteiger partial charge in [-0.2, -0.15) is 0 Å². The van der Waals surface area contributed by atoms with Crippen LogP contribution in [0.5, 0.6) is 0 Å². The van der Waals surface area contributed by atoms with Gasteiger partial charge < -0.3 is 0 Å². The molecule has 0 N–H and O–H groups in total. The second-order valence-corrected chi connectivity index (χ2v) is 5.89. The second kappa shape index (κ2) is 4.60. The Morgan fingerprint density at radius 3 is 2.43 bits per heavy atom. The monoisotopic (exact) mass is 212 g/mol. The van der Waals surface area contributed by atoms with E-state index in [9.17, 15) is 8.42 Å². The van der Waals surface area contributed by atoms with Gasteiger partial charge in [0, 0.05) is 5.75 Å². The molecular weight excluding hydrogens is 196 g/mol. The van der Waals surface area contributed by atoms with Crippen molar-refractivity contribution in [3.8, 4) is 0 Å². The summed E-state index contributed by atoms with van der Waals surface area (Å²) in [6, 6.07) is 7.91. The molecule has 0 aromatic heterocycles. The Bertz CT molecular complexity index is 394. The van der Waals surface area contributed by atoms with Crippen molar-refractivity contribution in [2.45, 2.75) is 20.3 Å². The fourth-order valence-electron chi connectivity index (χ4n) is 1.30. The van der Waals surface area contributed by atoms with Gasteiger partial charge in [-0.05, 0) is 24.5 Å². The number of rotatable bonds is 4. The second-order valence-electron chi connectivity index (χ2n) is 3.41. The number of benzene rings is 1. The fraction of sp³-hybridized carbons (Fsp3) is 0.455. The molecule has 0 aliphatic heterocycles. The Hall–Kier alpha value is -0.830. The lowest BCUT2D eigenvalue weighted by atomic mass is 10.1. The molecule has 2 nitrogen and oxygen atoms in total. The summed E-state index contributed by atoms with van der Waals surface area (Å²) >= 11 is 0. The number of hydrogen-bond donors (Lipinski definition) is 0. The molecule has 3 heteroatoms. The number of hydrogen-bond acceptors (Lipinski definition) is 2. The van der Waals surface area contributed by atoms with E-state index in [1.807, 2.05) is 31.2 Å². The molecule has 1 rings (SSSR count). The molecule has 0 radical (unpaired) electrons. The molecular formula is C11H16O2S. The van der Waals surface area contributed by atoms with Crippen molar-refractivity contribution in [1.82, 2.24) is 0 Å². The molecule has 0 saturated heterocycles. The molecule has 0 atom stereocenters. The van der Waals surface area contributed by atoms with E-state index in [4.69, 9.17) is 0 Å². The molecule has 0 spiro atoms. The van der Waals surface area contributed by atoms with Crippen molar-refractivity contribution in [3.63, 3.8) is 0 Å². The summed E-state index contributed by atoms with van der Waals surface area (Å²) in [5.74, 6) is 0.493. The zero-order valence-corrected chi connectivity index (χ0v) is 9.47. The summed E-state index contributed by atoms with van der Waals surface area (Å²) < 4.78 is 22.6. The quantitative estimate of drug-likeness (QED) is 0.764. The van der Waals surface area contributed by atoms with Crippen LogP contribution in [0.1, 0.15) is 18.1 Å². The molecule has 1 aromatic rings. The van der Waals surface area contributed by atoms with Crippen LogP contribution >= 0.6 is 0 Å². The molecule has 0 aliphatic rings. The highest BCUT2D eigenvalue weighted by Gasteiger charge is 2.08. The first-order chi connectivity index (χ1) is 6.55. The van der Waals surface area contributed by atoms with Crippen LogP contribution in [-0.2, 0) is 16.3 Å². The average molecular weight is 212 g/mol. The maximum Gasteiger partial charge on any atom is 0.150 e. The largest absolute Gasteiger partial charge is 0.229 e. The van der Waals surface area contributed by atoms with E-state index >= 15 is 0 Å². The van der Waals surface area contributed by atoms with Crippen LogP contribution in [0.25, 0.3) is 0 Å². The minimum Gasteiger partial charge on any atom is -0.229 e. The zero-order valence-electron chi connectivity index (χ0n) is 8.66. The minimum absolute atomic E-state index is 0.235. The van der Waals surface area contributed by atoms with Crippen LogP contribution in [0, 0.1) is 6.92 Å². The molecule has 0 fully saturated rings. The van der Waals surface area contributed by atoms with Gasteiger partial charge in [0.15, 0.2) is 0 Å². The SMILES string of the molecule is CCS(=O)(=O)CCc1ccccc1C. The lowest BCUT2D eigenvalue weighted by Gasteiger charge is -2.04. The normalized spacial score (nSPS) is 11.6. The van der Waals surface area contributed by atoms with Gasteiger partial charge in [-0.15, -0.1) is 0 Å². The Morgan fingerprint density at radius 2 is 1.86 bits per heavy atom. The van der Waals surface area contributed by atoms with Crippen molar-refractivity contribution >= 4 is 9.84 Å². The van der Waals surface area contributed by atoms with E-state index in [0.29, 0.717) is 6.42 Å². The topological polar surface area (TPSA) is 34.1 Å². The number of aryl methyl sites for hydroxylation is 2. The third-order valence-corrected chi connectivity index (χ3v) is 4.09. The van der Waals surface area contributed by atoms with Crippen LogP contribution < -0.4 is 0 Å². The van der Waals surface area contributed by atoms with Crippen molar-refractivity contribution in [3.05, 3.63) is 35.4 Å². The average Bonchev–Trinajstić information content (AvgIpc) is 2.17. The standard InChI is InChI=1S/C11H16O2S/c1-3-14(12,13)9-8-11-7-5-4-6-10(11)2/h4-7H,3,8-9H2,1-2H3. The Morgan fingerprint density at radius 1 is 1.21 bits per heavy atom. The molecule has 0 amide bonds.